The highest BCUT2D eigenvalue weighted by Crippen LogP contribution is 2.41. The third-order valence-corrected chi connectivity index (χ3v) is 7.66. The van der Waals surface area contributed by atoms with E-state index in [9.17, 15) is 0 Å². The van der Waals surface area contributed by atoms with E-state index < -0.39 is 0 Å². The van der Waals surface area contributed by atoms with Gasteiger partial charge in [-0.2, -0.15) is 10.2 Å². The molecule has 2 N–H and O–H groups in total. The molecule has 0 amide bonds. The summed E-state index contributed by atoms with van der Waals surface area (Å²) in [6.07, 6.45) is 10.6. The van der Waals surface area contributed by atoms with Crippen LogP contribution in [0.25, 0.3) is 27.6 Å². The fourth-order valence-electron chi connectivity index (χ4n) is 4.78. The molecule has 31 heavy (non-hydrogen) atoms. The van der Waals surface area contributed by atoms with Crippen LogP contribution in [0.3, 0.4) is 0 Å². The second-order valence-electron chi connectivity index (χ2n) is 8.86. The molecular weight excluding hydrogens is 406 g/mol. The molecule has 0 atom stereocenters. The second kappa shape index (κ2) is 8.16. The van der Waals surface area contributed by atoms with Crippen LogP contribution in [-0.4, -0.2) is 42.9 Å². The number of H-pyrrole nitrogens is 1. The van der Waals surface area contributed by atoms with Crippen LogP contribution < -0.4 is 5.32 Å². The molecule has 0 spiro atoms. The predicted octanol–water partition coefficient (Wildman–Crippen LogP) is 4.92. The van der Waals surface area contributed by atoms with Crippen molar-refractivity contribution in [3.8, 4) is 22.0 Å². The lowest BCUT2D eigenvalue weighted by Gasteiger charge is -2.27. The summed E-state index contributed by atoms with van der Waals surface area (Å²) in [5.74, 6) is 0.933. The van der Waals surface area contributed by atoms with Crippen LogP contribution in [0.1, 0.15) is 67.4 Å². The van der Waals surface area contributed by atoms with Crippen molar-refractivity contribution in [2.75, 3.05) is 7.05 Å². The summed E-state index contributed by atoms with van der Waals surface area (Å²) < 4.78 is 1.83. The molecule has 7 nitrogen and oxygen atoms in total. The standard InChI is InChI=1S/C23H29N7S/c1-13(2)19-20(16-9-14(3)22-26-12-27-30(22)11-16)28-29-21(19)23-25-10-18(31-23)15-5-7-17(24-4)8-6-15/h9-13,15,17,24H,5-8H2,1-4H3,(H,28,29). The van der Waals surface area contributed by atoms with Crippen LogP contribution in [0.4, 0.5) is 0 Å². The Morgan fingerprint density at radius 1 is 1.19 bits per heavy atom. The number of hydrogen-bond acceptors (Lipinski definition) is 6. The summed E-state index contributed by atoms with van der Waals surface area (Å²) in [4.78, 5) is 10.5. The summed E-state index contributed by atoms with van der Waals surface area (Å²) in [7, 11) is 2.07. The number of rotatable bonds is 5. The van der Waals surface area contributed by atoms with Gasteiger partial charge < -0.3 is 5.32 Å². The SMILES string of the molecule is CNC1CCC(c2cnc(-c3n[nH]c(-c4cc(C)c5ncnn5c4)c3C(C)C)s2)CC1. The molecule has 4 aromatic rings. The maximum atomic E-state index is 4.80. The Labute approximate surface area is 186 Å². The van der Waals surface area contributed by atoms with Gasteiger partial charge in [0.25, 0.3) is 0 Å². The van der Waals surface area contributed by atoms with Crippen LogP contribution >= 0.6 is 11.3 Å². The van der Waals surface area contributed by atoms with Gasteiger partial charge in [-0.1, -0.05) is 13.8 Å². The minimum Gasteiger partial charge on any atom is -0.317 e. The molecule has 4 heterocycles. The van der Waals surface area contributed by atoms with E-state index in [4.69, 9.17) is 10.1 Å². The molecule has 1 aliphatic carbocycles. The molecule has 1 saturated carbocycles. The lowest BCUT2D eigenvalue weighted by Crippen LogP contribution is -2.29. The maximum Gasteiger partial charge on any atom is 0.158 e. The Morgan fingerprint density at radius 2 is 2.00 bits per heavy atom. The number of nitrogens with one attached hydrogen (secondary N) is 2. The van der Waals surface area contributed by atoms with Crippen molar-refractivity contribution < 1.29 is 0 Å². The number of thiazole rings is 1. The van der Waals surface area contributed by atoms with Crippen LogP contribution in [0.15, 0.2) is 24.8 Å². The summed E-state index contributed by atoms with van der Waals surface area (Å²) >= 11 is 1.81. The van der Waals surface area contributed by atoms with Gasteiger partial charge in [0.05, 0.1) is 5.69 Å². The Morgan fingerprint density at radius 3 is 2.74 bits per heavy atom. The van der Waals surface area contributed by atoms with E-state index in [2.05, 4.69) is 60.6 Å². The molecule has 0 unspecified atom stereocenters. The number of aromatic amines is 1. The molecule has 0 aliphatic heterocycles. The lowest BCUT2D eigenvalue weighted by molar-refractivity contribution is 0.361. The molecular formula is C23H29N7S. The van der Waals surface area contributed by atoms with Crippen molar-refractivity contribution in [1.82, 2.24) is 35.1 Å². The topological polar surface area (TPSA) is 83.8 Å². The lowest BCUT2D eigenvalue weighted by atomic mass is 9.85. The molecule has 0 saturated heterocycles. The van der Waals surface area contributed by atoms with Gasteiger partial charge in [0, 0.05) is 34.4 Å². The highest BCUT2D eigenvalue weighted by molar-refractivity contribution is 7.15. The number of fused-ring (bicyclic) bond motifs is 1. The minimum absolute atomic E-state index is 0.314. The third kappa shape index (κ3) is 3.68. The van der Waals surface area contributed by atoms with E-state index in [0.29, 0.717) is 17.9 Å². The van der Waals surface area contributed by atoms with Gasteiger partial charge in [-0.3, -0.25) is 5.10 Å². The summed E-state index contributed by atoms with van der Waals surface area (Å²) in [5, 5.41) is 16.8. The zero-order chi connectivity index (χ0) is 21.5. The third-order valence-electron chi connectivity index (χ3n) is 6.49. The number of aryl methyl sites for hydroxylation is 1. The van der Waals surface area contributed by atoms with Gasteiger partial charge >= 0.3 is 0 Å². The first-order chi connectivity index (χ1) is 15.0. The Balaban J connectivity index is 1.50. The van der Waals surface area contributed by atoms with E-state index in [1.807, 2.05) is 10.7 Å². The largest absolute Gasteiger partial charge is 0.317 e. The highest BCUT2D eigenvalue weighted by atomic mass is 32.1. The van der Waals surface area contributed by atoms with Crippen molar-refractivity contribution in [2.45, 2.75) is 64.3 Å². The first kappa shape index (κ1) is 20.3. The van der Waals surface area contributed by atoms with Gasteiger partial charge in [-0.15, -0.1) is 11.3 Å². The average molecular weight is 436 g/mol. The molecule has 5 rings (SSSR count). The monoisotopic (exact) mass is 435 g/mol. The first-order valence-electron chi connectivity index (χ1n) is 11.1. The summed E-state index contributed by atoms with van der Waals surface area (Å²) in [6, 6.07) is 2.82. The van der Waals surface area contributed by atoms with E-state index in [0.717, 1.165) is 33.2 Å². The quantitative estimate of drug-likeness (QED) is 0.465. The van der Waals surface area contributed by atoms with Crippen molar-refractivity contribution in [3.63, 3.8) is 0 Å². The minimum atomic E-state index is 0.314. The van der Waals surface area contributed by atoms with Gasteiger partial charge in [0.2, 0.25) is 0 Å². The van der Waals surface area contributed by atoms with Crippen molar-refractivity contribution in [1.29, 1.82) is 0 Å². The fourth-order valence-corrected chi connectivity index (χ4v) is 5.87. The van der Waals surface area contributed by atoms with E-state index in [1.54, 1.807) is 17.7 Å². The summed E-state index contributed by atoms with van der Waals surface area (Å²) in [5.41, 5.74) is 6.26. The highest BCUT2D eigenvalue weighted by Gasteiger charge is 2.26. The Hall–Kier alpha value is -2.58. The normalized spacial score (nSPS) is 19.5. The van der Waals surface area contributed by atoms with E-state index >= 15 is 0 Å². The maximum absolute atomic E-state index is 4.80. The number of hydrogen-bond donors (Lipinski definition) is 2. The smallest absolute Gasteiger partial charge is 0.158 e. The van der Waals surface area contributed by atoms with Crippen LogP contribution in [0.5, 0.6) is 0 Å². The molecule has 162 valence electrons. The van der Waals surface area contributed by atoms with Crippen molar-refractivity contribution in [2.24, 2.45) is 0 Å². The molecule has 0 aromatic carbocycles. The van der Waals surface area contributed by atoms with Crippen molar-refractivity contribution >= 4 is 17.0 Å². The van der Waals surface area contributed by atoms with Gasteiger partial charge in [-0.05, 0) is 63.1 Å². The first-order valence-corrected chi connectivity index (χ1v) is 11.9. The van der Waals surface area contributed by atoms with E-state index in [1.165, 1.54) is 36.1 Å². The van der Waals surface area contributed by atoms with Gasteiger partial charge in [0.15, 0.2) is 5.65 Å². The summed E-state index contributed by atoms with van der Waals surface area (Å²) in [6.45, 7) is 6.49. The van der Waals surface area contributed by atoms with Crippen LogP contribution in [0, 0.1) is 6.92 Å². The Kier molecular flexibility index (Phi) is 5.35. The average Bonchev–Trinajstić information content (AvgIpc) is 3.51. The van der Waals surface area contributed by atoms with Gasteiger partial charge in [0.1, 0.15) is 17.0 Å². The fraction of sp³-hybridized carbons (Fsp3) is 0.478. The zero-order valence-electron chi connectivity index (χ0n) is 18.5. The molecule has 4 aromatic heterocycles. The molecule has 8 heteroatoms. The van der Waals surface area contributed by atoms with Crippen LogP contribution in [-0.2, 0) is 0 Å². The number of aromatic nitrogens is 6. The van der Waals surface area contributed by atoms with Crippen LogP contribution in [0.2, 0.25) is 0 Å². The predicted molar refractivity (Wildman–Crippen MR) is 125 cm³/mol. The number of pyridine rings is 1. The molecule has 1 fully saturated rings. The second-order valence-corrected chi connectivity index (χ2v) is 9.92. The molecule has 0 bridgehead atoms. The number of nitrogens with zero attached hydrogens (tertiary/aromatic N) is 5. The van der Waals surface area contributed by atoms with Gasteiger partial charge in [-0.25, -0.2) is 14.5 Å². The van der Waals surface area contributed by atoms with Crippen molar-refractivity contribution in [3.05, 3.63) is 40.8 Å². The molecule has 1 aliphatic rings. The van der Waals surface area contributed by atoms with E-state index in [-0.39, 0.29) is 0 Å². The zero-order valence-corrected chi connectivity index (χ0v) is 19.3. The Bertz CT molecular complexity index is 1190. The molecule has 0 radical (unpaired) electrons.